The van der Waals surface area contributed by atoms with Gasteiger partial charge in [-0.1, -0.05) is 0 Å². The summed E-state index contributed by atoms with van der Waals surface area (Å²) in [5.74, 6) is 0.167. The van der Waals surface area contributed by atoms with Gasteiger partial charge in [0, 0.05) is 0 Å². The fourth-order valence-electron chi connectivity index (χ4n) is 1.99. The van der Waals surface area contributed by atoms with Gasteiger partial charge in [-0.2, -0.15) is 0 Å². The quantitative estimate of drug-likeness (QED) is 0.564. The Balaban J connectivity index is 1.91. The molecule has 0 fully saturated rings. The van der Waals surface area contributed by atoms with E-state index < -0.39 is 0 Å². The predicted molar refractivity (Wildman–Crippen MR) is 81.7 cm³/mol. The Hall–Kier alpha value is -2.37. The summed E-state index contributed by atoms with van der Waals surface area (Å²) in [5, 5.41) is 2.85. The van der Waals surface area contributed by atoms with Crippen LogP contribution in [0.25, 0.3) is 0 Å². The molecule has 0 radical (unpaired) electrons. The third-order valence-corrected chi connectivity index (χ3v) is 4.14. The zero-order valence-corrected chi connectivity index (χ0v) is 12.9. The molecule has 0 saturated heterocycles. The molecule has 6 nitrogen and oxygen atoms in total. The predicted octanol–water partition coefficient (Wildman–Crippen LogP) is 2.88. The molecule has 2 aromatic rings. The Morgan fingerprint density at radius 2 is 2.14 bits per heavy atom. The van der Waals surface area contributed by atoms with E-state index in [0.29, 0.717) is 22.7 Å². The van der Waals surface area contributed by atoms with E-state index in [1.54, 1.807) is 24.3 Å². The first-order valence-electron chi connectivity index (χ1n) is 6.15. The van der Waals surface area contributed by atoms with Gasteiger partial charge < -0.3 is 0 Å². The number of amides is 1. The van der Waals surface area contributed by atoms with Gasteiger partial charge in [-0.15, -0.1) is 0 Å². The summed E-state index contributed by atoms with van der Waals surface area (Å²) in [7, 11) is 1.50. The molecular weight excluding hydrogens is 335 g/mol. The minimum absolute atomic E-state index is 0.137. The van der Waals surface area contributed by atoms with Gasteiger partial charge >= 0.3 is 127 Å². The van der Waals surface area contributed by atoms with Crippen LogP contribution in [0.5, 0.6) is 5.75 Å². The average Bonchev–Trinajstić information content (AvgIpc) is 2.96. The molecule has 1 amide bonds. The van der Waals surface area contributed by atoms with Crippen molar-refractivity contribution in [1.82, 2.24) is 0 Å². The summed E-state index contributed by atoms with van der Waals surface area (Å²) in [4.78, 5) is 12.4. The zero-order chi connectivity index (χ0) is 14.8. The molecule has 1 aliphatic rings. The van der Waals surface area contributed by atoms with E-state index in [1.165, 1.54) is 7.11 Å². The van der Waals surface area contributed by atoms with Gasteiger partial charge in [0.1, 0.15) is 0 Å². The van der Waals surface area contributed by atoms with Crippen molar-refractivity contribution in [3.8, 4) is 5.75 Å². The van der Waals surface area contributed by atoms with Crippen molar-refractivity contribution in [2.75, 3.05) is 18.2 Å². The number of hydrogen-bond donors (Lipinski definition) is 2. The first kappa shape index (κ1) is 13.6. The van der Waals surface area contributed by atoms with E-state index in [-0.39, 0.29) is 20.5 Å². The van der Waals surface area contributed by atoms with Crippen LogP contribution >= 0.6 is 0 Å². The Bertz CT molecular complexity index is 798. The fourth-order valence-corrected chi connectivity index (χ4v) is 3.15. The summed E-state index contributed by atoms with van der Waals surface area (Å²) in [6.07, 6.45) is 0. The van der Waals surface area contributed by atoms with E-state index in [9.17, 15) is 4.79 Å². The van der Waals surface area contributed by atoms with Crippen LogP contribution in [0.1, 0.15) is 10.4 Å². The number of rotatable bonds is 3. The second-order valence-electron chi connectivity index (χ2n) is 4.35. The summed E-state index contributed by atoms with van der Waals surface area (Å²) < 4.78 is 13.8. The summed E-state index contributed by atoms with van der Waals surface area (Å²) >= 11 is -0.137. The number of nitrogens with one attached hydrogen (secondary N) is 1. The molecule has 0 saturated carbocycles. The second-order valence-corrected chi connectivity index (χ2v) is 5.46. The first-order chi connectivity index (χ1) is 10.2. The van der Waals surface area contributed by atoms with Crippen molar-refractivity contribution >= 4 is 43.2 Å². The summed E-state index contributed by atoms with van der Waals surface area (Å²) in [6, 6.07) is 10.4. The number of anilines is 2. The number of methoxy groups -OCH3 is 1. The molecule has 0 atom stereocenters. The maximum atomic E-state index is 12.4. The first-order valence-corrected chi connectivity index (χ1v) is 7.68. The number of nitrogens with zero attached hydrogens (tertiary/aromatic N) is 2. The molecule has 1 aliphatic heterocycles. The normalized spacial score (nSPS) is 11.7. The molecule has 3 rings (SSSR count). The number of nitrogen functional groups attached to an aromatic ring is 1. The van der Waals surface area contributed by atoms with Crippen LogP contribution in [-0.2, 0) is 0 Å². The molecule has 0 unspecified atom stereocenters. The summed E-state index contributed by atoms with van der Waals surface area (Å²) in [5.41, 5.74) is 8.86. The Labute approximate surface area is 127 Å². The third-order valence-electron chi connectivity index (χ3n) is 3.00. The molecule has 0 spiro atoms. The number of carbonyl (C=O) groups is 1. The second kappa shape index (κ2) is 5.55. The van der Waals surface area contributed by atoms with Gasteiger partial charge in [0.25, 0.3) is 0 Å². The van der Waals surface area contributed by atoms with Crippen LogP contribution in [-0.4, -0.2) is 27.6 Å². The van der Waals surface area contributed by atoms with Gasteiger partial charge in [0.15, 0.2) is 0 Å². The molecule has 1 heterocycles. The molecule has 2 aromatic carbocycles. The monoisotopic (exact) mass is 348 g/mol. The number of ether oxygens (including phenoxy) is 1. The third kappa shape index (κ3) is 2.61. The van der Waals surface area contributed by atoms with E-state index in [4.69, 9.17) is 10.5 Å². The number of hydrogen-bond acceptors (Lipinski definition) is 5. The van der Waals surface area contributed by atoms with Crippen molar-refractivity contribution in [1.29, 1.82) is 0 Å². The number of nitrogens with two attached hydrogens (primary N) is 1. The van der Waals surface area contributed by atoms with Crippen LogP contribution in [0.2, 0.25) is 0 Å². The van der Waals surface area contributed by atoms with Crippen molar-refractivity contribution in [3.63, 3.8) is 0 Å². The zero-order valence-electron chi connectivity index (χ0n) is 11.2. The van der Waals surface area contributed by atoms with E-state index >= 15 is 0 Å². The van der Waals surface area contributed by atoms with Gasteiger partial charge in [0.05, 0.1) is 0 Å². The standard InChI is InChI=1S/C14H12N4O2Se/c1-20-12-7-8(15)5-6-9(12)14(19)16-10-3-2-4-11-13(10)18-21-17-11/h2-7H,15H2,1H3,(H,16,19). The SMILES string of the molecule is COc1cc(N)ccc1C(=O)Nc1cccc2c1N=[Se]=N2. The van der Waals surface area contributed by atoms with Crippen LogP contribution in [0.4, 0.5) is 22.7 Å². The molecule has 0 bridgehead atoms. The van der Waals surface area contributed by atoms with Gasteiger partial charge in [-0.05, 0) is 0 Å². The Morgan fingerprint density at radius 3 is 2.95 bits per heavy atom. The van der Waals surface area contributed by atoms with Crippen molar-refractivity contribution in [2.24, 2.45) is 7.92 Å². The number of benzene rings is 2. The van der Waals surface area contributed by atoms with Gasteiger partial charge in [0.2, 0.25) is 0 Å². The number of fused-ring (bicyclic) bond motifs is 1. The van der Waals surface area contributed by atoms with Gasteiger partial charge in [-0.25, -0.2) is 0 Å². The van der Waals surface area contributed by atoms with Crippen LogP contribution in [0.3, 0.4) is 0 Å². The molecule has 0 aromatic heterocycles. The fraction of sp³-hybridized carbons (Fsp3) is 0.0714. The summed E-state index contributed by atoms with van der Waals surface area (Å²) in [6.45, 7) is 0. The van der Waals surface area contributed by atoms with Gasteiger partial charge in [-0.3, -0.25) is 0 Å². The molecule has 21 heavy (non-hydrogen) atoms. The topological polar surface area (TPSA) is 89.1 Å². The molecule has 3 N–H and O–H groups in total. The minimum atomic E-state index is -0.269. The van der Waals surface area contributed by atoms with Crippen LogP contribution in [0.15, 0.2) is 44.3 Å². The van der Waals surface area contributed by atoms with Crippen LogP contribution < -0.4 is 15.8 Å². The van der Waals surface area contributed by atoms with E-state index in [2.05, 4.69) is 13.2 Å². The molecule has 7 heteroatoms. The average molecular weight is 347 g/mol. The Morgan fingerprint density at radius 1 is 1.29 bits per heavy atom. The molecule has 106 valence electrons. The van der Waals surface area contributed by atoms with Crippen molar-refractivity contribution in [2.45, 2.75) is 0 Å². The van der Waals surface area contributed by atoms with E-state index in [0.717, 1.165) is 11.4 Å². The van der Waals surface area contributed by atoms with Crippen LogP contribution in [0, 0.1) is 0 Å². The maximum absolute atomic E-state index is 12.4. The van der Waals surface area contributed by atoms with Crippen molar-refractivity contribution < 1.29 is 9.53 Å². The molecular formula is C14H12N4O2Se. The molecule has 0 aliphatic carbocycles. The van der Waals surface area contributed by atoms with E-state index in [1.807, 2.05) is 12.1 Å². The van der Waals surface area contributed by atoms with Crippen molar-refractivity contribution in [3.05, 3.63) is 42.0 Å². The Kier molecular flexibility index (Phi) is 3.60. The number of carbonyl (C=O) groups excluding carboxylic acids is 1.